The lowest BCUT2D eigenvalue weighted by Crippen LogP contribution is -2.38. The van der Waals surface area contributed by atoms with Crippen molar-refractivity contribution in [2.45, 2.75) is 52.5 Å². The summed E-state index contributed by atoms with van der Waals surface area (Å²) in [4.78, 5) is 14.5. The van der Waals surface area contributed by atoms with Crippen LogP contribution in [0.3, 0.4) is 0 Å². The van der Waals surface area contributed by atoms with Crippen LogP contribution in [-0.2, 0) is 4.79 Å². The van der Waals surface area contributed by atoms with Crippen molar-refractivity contribution in [3.05, 3.63) is 34.9 Å². The zero-order valence-electron chi connectivity index (χ0n) is 13.6. The zero-order valence-corrected chi connectivity index (χ0v) is 13.6. The second-order valence-corrected chi connectivity index (χ2v) is 6.32. The molecule has 3 nitrogen and oxygen atoms in total. The van der Waals surface area contributed by atoms with E-state index < -0.39 is 0 Å². The van der Waals surface area contributed by atoms with Gasteiger partial charge in [-0.3, -0.25) is 9.69 Å². The van der Waals surface area contributed by atoms with E-state index >= 15 is 0 Å². The van der Waals surface area contributed by atoms with Gasteiger partial charge in [0, 0.05) is 0 Å². The predicted molar refractivity (Wildman–Crippen MR) is 87.4 cm³/mol. The summed E-state index contributed by atoms with van der Waals surface area (Å²) in [6.45, 7) is 8.95. The monoisotopic (exact) mass is 288 g/mol. The Morgan fingerprint density at radius 1 is 1.14 bits per heavy atom. The van der Waals surface area contributed by atoms with Gasteiger partial charge in [0.05, 0.1) is 12.6 Å². The molecule has 1 fully saturated rings. The Balaban J connectivity index is 1.87. The average Bonchev–Trinajstić information content (AvgIpc) is 2.70. The van der Waals surface area contributed by atoms with Crippen LogP contribution in [0.15, 0.2) is 18.2 Å². The highest BCUT2D eigenvalue weighted by Gasteiger charge is 2.15. The largest absolute Gasteiger partial charge is 0.348 e. The summed E-state index contributed by atoms with van der Waals surface area (Å²) in [5.74, 6) is 0.141. The van der Waals surface area contributed by atoms with Crippen LogP contribution in [0.5, 0.6) is 0 Å². The van der Waals surface area contributed by atoms with Gasteiger partial charge in [-0.05, 0) is 63.4 Å². The van der Waals surface area contributed by atoms with Crippen LogP contribution in [0, 0.1) is 13.8 Å². The molecule has 0 radical (unpaired) electrons. The molecule has 21 heavy (non-hydrogen) atoms. The van der Waals surface area contributed by atoms with Crippen LogP contribution in [0.25, 0.3) is 0 Å². The Morgan fingerprint density at radius 3 is 2.43 bits per heavy atom. The third kappa shape index (κ3) is 4.85. The number of hydrogen-bond donors (Lipinski definition) is 1. The molecule has 1 atom stereocenters. The summed E-state index contributed by atoms with van der Waals surface area (Å²) in [5, 5.41) is 3.13. The minimum Gasteiger partial charge on any atom is -0.348 e. The van der Waals surface area contributed by atoms with Crippen molar-refractivity contribution in [3.63, 3.8) is 0 Å². The zero-order chi connectivity index (χ0) is 15.2. The Bertz CT molecular complexity index is 476. The summed E-state index contributed by atoms with van der Waals surface area (Å²) in [6, 6.07) is 6.48. The molecule has 1 aromatic carbocycles. The first kappa shape index (κ1) is 16.0. The number of carbonyl (C=O) groups is 1. The molecule has 0 aromatic heterocycles. The average molecular weight is 288 g/mol. The highest BCUT2D eigenvalue weighted by molar-refractivity contribution is 5.78. The number of nitrogens with one attached hydrogen (secondary N) is 1. The van der Waals surface area contributed by atoms with Crippen molar-refractivity contribution in [3.8, 4) is 0 Å². The lowest BCUT2D eigenvalue weighted by atomic mass is 10.0. The van der Waals surface area contributed by atoms with E-state index in [1.54, 1.807) is 0 Å². The van der Waals surface area contributed by atoms with Gasteiger partial charge in [-0.1, -0.05) is 31.0 Å². The Kier molecular flexibility index (Phi) is 5.80. The fourth-order valence-corrected chi connectivity index (χ4v) is 2.90. The fraction of sp³-hybridized carbons (Fsp3) is 0.611. The molecule has 2 rings (SSSR count). The molecule has 1 heterocycles. The molecule has 116 valence electrons. The number of benzene rings is 1. The number of likely N-dealkylation sites (tertiary alicyclic amines) is 1. The van der Waals surface area contributed by atoms with Gasteiger partial charge in [0.15, 0.2) is 0 Å². The second kappa shape index (κ2) is 7.60. The fourth-order valence-electron chi connectivity index (χ4n) is 2.90. The van der Waals surface area contributed by atoms with E-state index in [1.165, 1.54) is 42.4 Å². The first-order valence-electron chi connectivity index (χ1n) is 8.15. The number of hydrogen-bond acceptors (Lipinski definition) is 2. The van der Waals surface area contributed by atoms with Crippen LogP contribution >= 0.6 is 0 Å². The van der Waals surface area contributed by atoms with Crippen molar-refractivity contribution in [2.75, 3.05) is 19.6 Å². The van der Waals surface area contributed by atoms with E-state index in [-0.39, 0.29) is 11.9 Å². The summed E-state index contributed by atoms with van der Waals surface area (Å²) in [6.07, 6.45) is 5.05. The van der Waals surface area contributed by atoms with Crippen LogP contribution in [-0.4, -0.2) is 30.4 Å². The summed E-state index contributed by atoms with van der Waals surface area (Å²) >= 11 is 0. The molecule has 0 saturated carbocycles. The van der Waals surface area contributed by atoms with Gasteiger partial charge in [0.2, 0.25) is 5.91 Å². The van der Waals surface area contributed by atoms with E-state index in [4.69, 9.17) is 0 Å². The van der Waals surface area contributed by atoms with Gasteiger partial charge in [-0.15, -0.1) is 0 Å². The van der Waals surface area contributed by atoms with Crippen LogP contribution < -0.4 is 5.32 Å². The third-order valence-corrected chi connectivity index (χ3v) is 4.47. The smallest absolute Gasteiger partial charge is 0.234 e. The normalized spacial score (nSPS) is 18.0. The quantitative estimate of drug-likeness (QED) is 0.921. The molecular formula is C18H28N2O. The molecule has 1 unspecified atom stereocenters. The third-order valence-electron chi connectivity index (χ3n) is 4.47. The number of nitrogens with zero attached hydrogens (tertiary/aromatic N) is 1. The second-order valence-electron chi connectivity index (χ2n) is 6.32. The molecule has 1 aromatic rings. The summed E-state index contributed by atoms with van der Waals surface area (Å²) in [5.41, 5.74) is 3.75. The number of carbonyl (C=O) groups excluding carboxylic acids is 1. The van der Waals surface area contributed by atoms with Gasteiger partial charge < -0.3 is 5.32 Å². The van der Waals surface area contributed by atoms with Gasteiger partial charge in [-0.2, -0.15) is 0 Å². The minimum atomic E-state index is 0.0729. The lowest BCUT2D eigenvalue weighted by molar-refractivity contribution is -0.122. The maximum absolute atomic E-state index is 12.2. The summed E-state index contributed by atoms with van der Waals surface area (Å²) in [7, 11) is 0. The molecule has 3 heteroatoms. The van der Waals surface area contributed by atoms with E-state index in [2.05, 4.69) is 49.2 Å². The molecule has 1 N–H and O–H groups in total. The Hall–Kier alpha value is -1.35. The van der Waals surface area contributed by atoms with Crippen molar-refractivity contribution >= 4 is 5.91 Å². The topological polar surface area (TPSA) is 32.3 Å². The van der Waals surface area contributed by atoms with Crippen LogP contribution in [0.2, 0.25) is 0 Å². The maximum Gasteiger partial charge on any atom is 0.234 e. The van der Waals surface area contributed by atoms with Crippen molar-refractivity contribution in [1.29, 1.82) is 0 Å². The van der Waals surface area contributed by atoms with Gasteiger partial charge in [0.1, 0.15) is 0 Å². The standard InChI is InChI=1S/C18H28N2O/c1-14-8-9-17(12-15(14)2)16(3)19-18(21)13-20-10-6-4-5-7-11-20/h8-9,12,16H,4-7,10-11,13H2,1-3H3,(H,19,21). The maximum atomic E-state index is 12.2. The lowest BCUT2D eigenvalue weighted by Gasteiger charge is -2.21. The molecule has 0 bridgehead atoms. The highest BCUT2D eigenvalue weighted by Crippen LogP contribution is 2.17. The highest BCUT2D eigenvalue weighted by atomic mass is 16.2. The first-order chi connectivity index (χ1) is 10.1. The van der Waals surface area contributed by atoms with Crippen LogP contribution in [0.1, 0.15) is 55.3 Å². The number of amides is 1. The predicted octanol–water partition coefficient (Wildman–Crippen LogP) is 3.36. The molecule has 1 aliphatic rings. The van der Waals surface area contributed by atoms with E-state index in [0.717, 1.165) is 13.1 Å². The molecule has 1 saturated heterocycles. The molecular weight excluding hydrogens is 260 g/mol. The minimum absolute atomic E-state index is 0.0729. The SMILES string of the molecule is Cc1ccc(C(C)NC(=O)CN2CCCCCC2)cc1C. The van der Waals surface area contributed by atoms with E-state index in [9.17, 15) is 4.79 Å². The van der Waals surface area contributed by atoms with Gasteiger partial charge in [0.25, 0.3) is 0 Å². The molecule has 1 aliphatic heterocycles. The van der Waals surface area contributed by atoms with E-state index in [1.807, 2.05) is 0 Å². The Labute approximate surface area is 128 Å². The number of aryl methyl sites for hydroxylation is 2. The van der Waals surface area contributed by atoms with E-state index in [0.29, 0.717) is 6.54 Å². The van der Waals surface area contributed by atoms with Crippen molar-refractivity contribution in [1.82, 2.24) is 10.2 Å². The molecule has 0 aliphatic carbocycles. The van der Waals surface area contributed by atoms with Crippen molar-refractivity contribution < 1.29 is 4.79 Å². The van der Waals surface area contributed by atoms with Gasteiger partial charge in [-0.25, -0.2) is 0 Å². The van der Waals surface area contributed by atoms with Crippen molar-refractivity contribution in [2.24, 2.45) is 0 Å². The van der Waals surface area contributed by atoms with Gasteiger partial charge >= 0.3 is 0 Å². The molecule has 0 spiro atoms. The first-order valence-corrected chi connectivity index (χ1v) is 8.15. The number of rotatable bonds is 4. The van der Waals surface area contributed by atoms with Crippen LogP contribution in [0.4, 0.5) is 0 Å². The molecule has 1 amide bonds. The summed E-state index contributed by atoms with van der Waals surface area (Å²) < 4.78 is 0. The Morgan fingerprint density at radius 2 is 1.81 bits per heavy atom.